The summed E-state index contributed by atoms with van der Waals surface area (Å²) in [5.74, 6) is 0. The molecule has 1 aliphatic carbocycles. The molecule has 1 saturated carbocycles. The number of hydrogen-bond acceptors (Lipinski definition) is 2. The number of aryl methyl sites for hydroxylation is 2. The molecule has 1 aromatic heterocycles. The van der Waals surface area contributed by atoms with Crippen LogP contribution in [0.3, 0.4) is 0 Å². The van der Waals surface area contributed by atoms with Crippen LogP contribution in [-0.2, 0) is 19.4 Å². The standard InChI is InChI=1S/C17H30BrN3/c1-3-14-16(18)15(21(4-2)20-14)12-17(13-19)10-8-6-5-7-9-11-17/h3-13,19H2,1-2H3. The zero-order valence-electron chi connectivity index (χ0n) is 13.6. The summed E-state index contributed by atoms with van der Waals surface area (Å²) in [5, 5.41) is 4.75. The van der Waals surface area contributed by atoms with Crippen LogP contribution < -0.4 is 5.73 Å². The molecule has 1 heterocycles. The third-order valence-electron chi connectivity index (χ3n) is 5.08. The van der Waals surface area contributed by atoms with Crippen LogP contribution >= 0.6 is 15.9 Å². The van der Waals surface area contributed by atoms with Gasteiger partial charge in [-0.3, -0.25) is 4.68 Å². The van der Waals surface area contributed by atoms with E-state index in [9.17, 15) is 0 Å². The summed E-state index contributed by atoms with van der Waals surface area (Å²) in [7, 11) is 0. The average molecular weight is 356 g/mol. The van der Waals surface area contributed by atoms with E-state index in [0.717, 1.165) is 25.9 Å². The van der Waals surface area contributed by atoms with Crippen molar-refractivity contribution < 1.29 is 0 Å². The van der Waals surface area contributed by atoms with Crippen LogP contribution in [-0.4, -0.2) is 16.3 Å². The van der Waals surface area contributed by atoms with E-state index in [1.54, 1.807) is 0 Å². The summed E-state index contributed by atoms with van der Waals surface area (Å²) in [5.41, 5.74) is 9.07. The number of aromatic nitrogens is 2. The zero-order valence-corrected chi connectivity index (χ0v) is 15.2. The van der Waals surface area contributed by atoms with Crippen molar-refractivity contribution in [1.82, 2.24) is 9.78 Å². The van der Waals surface area contributed by atoms with Crippen LogP contribution in [0.5, 0.6) is 0 Å². The predicted molar refractivity (Wildman–Crippen MR) is 92.5 cm³/mol. The Hall–Kier alpha value is -0.350. The Balaban J connectivity index is 2.26. The van der Waals surface area contributed by atoms with Gasteiger partial charge in [-0.05, 0) is 60.5 Å². The maximum Gasteiger partial charge on any atom is 0.0766 e. The SMILES string of the molecule is CCc1nn(CC)c(CC2(CN)CCCCCCC2)c1Br. The topological polar surface area (TPSA) is 43.8 Å². The number of rotatable bonds is 5. The molecule has 120 valence electrons. The van der Waals surface area contributed by atoms with Crippen molar-refractivity contribution in [2.24, 2.45) is 11.1 Å². The summed E-state index contributed by atoms with van der Waals surface area (Å²) in [6, 6.07) is 0. The van der Waals surface area contributed by atoms with Crippen LogP contribution in [0.4, 0.5) is 0 Å². The predicted octanol–water partition coefficient (Wildman–Crippen LogP) is 4.46. The summed E-state index contributed by atoms with van der Waals surface area (Å²) >= 11 is 3.79. The largest absolute Gasteiger partial charge is 0.330 e. The first-order valence-electron chi connectivity index (χ1n) is 8.60. The Labute approximate surface area is 137 Å². The molecule has 0 bridgehead atoms. The van der Waals surface area contributed by atoms with E-state index in [2.05, 4.69) is 34.5 Å². The molecule has 1 aliphatic rings. The van der Waals surface area contributed by atoms with E-state index in [1.807, 2.05) is 0 Å². The molecule has 0 radical (unpaired) electrons. The molecule has 0 atom stereocenters. The van der Waals surface area contributed by atoms with Gasteiger partial charge in [0.2, 0.25) is 0 Å². The van der Waals surface area contributed by atoms with Gasteiger partial charge in [-0.1, -0.05) is 39.0 Å². The Bertz CT molecular complexity index is 445. The molecule has 2 N–H and O–H groups in total. The van der Waals surface area contributed by atoms with E-state index < -0.39 is 0 Å². The maximum absolute atomic E-state index is 6.24. The van der Waals surface area contributed by atoms with Crippen molar-refractivity contribution in [2.45, 2.75) is 78.2 Å². The van der Waals surface area contributed by atoms with Crippen LogP contribution in [0.1, 0.15) is 70.2 Å². The smallest absolute Gasteiger partial charge is 0.0766 e. The highest BCUT2D eigenvalue weighted by Gasteiger charge is 2.31. The van der Waals surface area contributed by atoms with Crippen LogP contribution in [0.2, 0.25) is 0 Å². The number of hydrogen-bond donors (Lipinski definition) is 1. The Morgan fingerprint density at radius 2 is 1.76 bits per heavy atom. The van der Waals surface area contributed by atoms with Crippen molar-refractivity contribution >= 4 is 15.9 Å². The van der Waals surface area contributed by atoms with Crippen molar-refractivity contribution in [3.8, 4) is 0 Å². The second-order valence-corrected chi connectivity index (χ2v) is 7.32. The Morgan fingerprint density at radius 3 is 2.29 bits per heavy atom. The zero-order chi connectivity index (χ0) is 15.3. The van der Waals surface area contributed by atoms with Gasteiger partial charge in [-0.2, -0.15) is 5.10 Å². The van der Waals surface area contributed by atoms with Gasteiger partial charge in [-0.25, -0.2) is 0 Å². The monoisotopic (exact) mass is 355 g/mol. The van der Waals surface area contributed by atoms with E-state index in [1.165, 1.54) is 60.8 Å². The van der Waals surface area contributed by atoms with Gasteiger partial charge in [0, 0.05) is 6.54 Å². The molecule has 0 unspecified atom stereocenters. The fourth-order valence-corrected chi connectivity index (χ4v) is 4.35. The fourth-order valence-electron chi connectivity index (χ4n) is 3.65. The highest BCUT2D eigenvalue weighted by molar-refractivity contribution is 9.10. The summed E-state index contributed by atoms with van der Waals surface area (Å²) in [6.45, 7) is 6.09. The lowest BCUT2D eigenvalue weighted by atomic mass is 9.73. The van der Waals surface area contributed by atoms with Crippen LogP contribution in [0, 0.1) is 5.41 Å². The lowest BCUT2D eigenvalue weighted by molar-refractivity contribution is 0.212. The molecular weight excluding hydrogens is 326 g/mol. The molecule has 0 aliphatic heterocycles. The van der Waals surface area contributed by atoms with Gasteiger partial charge in [0.05, 0.1) is 15.9 Å². The van der Waals surface area contributed by atoms with Gasteiger partial charge >= 0.3 is 0 Å². The van der Waals surface area contributed by atoms with Gasteiger partial charge in [0.15, 0.2) is 0 Å². The minimum Gasteiger partial charge on any atom is -0.330 e. The van der Waals surface area contributed by atoms with Gasteiger partial charge in [0.1, 0.15) is 0 Å². The van der Waals surface area contributed by atoms with Crippen LogP contribution in [0.25, 0.3) is 0 Å². The van der Waals surface area contributed by atoms with E-state index >= 15 is 0 Å². The number of halogens is 1. The highest BCUT2D eigenvalue weighted by Crippen LogP contribution is 2.38. The van der Waals surface area contributed by atoms with E-state index in [0.29, 0.717) is 0 Å². The van der Waals surface area contributed by atoms with Crippen molar-refractivity contribution in [2.75, 3.05) is 6.54 Å². The first-order valence-corrected chi connectivity index (χ1v) is 9.39. The second kappa shape index (κ2) is 7.77. The van der Waals surface area contributed by atoms with Gasteiger partial charge < -0.3 is 5.73 Å². The summed E-state index contributed by atoms with van der Waals surface area (Å²) < 4.78 is 3.40. The highest BCUT2D eigenvalue weighted by atomic mass is 79.9. The molecule has 0 saturated heterocycles. The number of nitrogens with two attached hydrogens (primary N) is 1. The van der Waals surface area contributed by atoms with Gasteiger partial charge in [-0.15, -0.1) is 0 Å². The van der Waals surface area contributed by atoms with Crippen molar-refractivity contribution in [3.05, 3.63) is 15.9 Å². The van der Waals surface area contributed by atoms with E-state index in [4.69, 9.17) is 10.8 Å². The fraction of sp³-hybridized carbons (Fsp3) is 0.824. The molecule has 0 aromatic carbocycles. The molecule has 0 spiro atoms. The Morgan fingerprint density at radius 1 is 1.14 bits per heavy atom. The summed E-state index contributed by atoms with van der Waals surface area (Å²) in [6.07, 6.45) is 11.4. The maximum atomic E-state index is 6.24. The first-order chi connectivity index (χ1) is 10.2. The number of nitrogens with zero attached hydrogens (tertiary/aromatic N) is 2. The molecule has 3 nitrogen and oxygen atoms in total. The summed E-state index contributed by atoms with van der Waals surface area (Å²) in [4.78, 5) is 0. The molecule has 2 rings (SSSR count). The van der Waals surface area contributed by atoms with E-state index in [-0.39, 0.29) is 5.41 Å². The normalized spacial score (nSPS) is 19.2. The Kier molecular flexibility index (Phi) is 6.30. The minimum absolute atomic E-state index is 0.279. The first kappa shape index (κ1) is 17.0. The molecular formula is C17H30BrN3. The second-order valence-electron chi connectivity index (χ2n) is 6.53. The third kappa shape index (κ3) is 3.89. The molecule has 21 heavy (non-hydrogen) atoms. The third-order valence-corrected chi connectivity index (χ3v) is 6.00. The lowest BCUT2D eigenvalue weighted by Gasteiger charge is -2.34. The molecule has 0 amide bonds. The lowest BCUT2D eigenvalue weighted by Crippen LogP contribution is -2.34. The molecule has 4 heteroatoms. The van der Waals surface area contributed by atoms with Crippen molar-refractivity contribution in [1.29, 1.82) is 0 Å². The van der Waals surface area contributed by atoms with Crippen LogP contribution in [0.15, 0.2) is 4.47 Å². The van der Waals surface area contributed by atoms with Gasteiger partial charge in [0.25, 0.3) is 0 Å². The minimum atomic E-state index is 0.279. The molecule has 1 fully saturated rings. The molecule has 1 aromatic rings. The quantitative estimate of drug-likeness (QED) is 0.847. The average Bonchev–Trinajstić information content (AvgIpc) is 2.78. The van der Waals surface area contributed by atoms with Crippen molar-refractivity contribution in [3.63, 3.8) is 0 Å².